The summed E-state index contributed by atoms with van der Waals surface area (Å²) >= 11 is 0. The van der Waals surface area contributed by atoms with E-state index < -0.39 is 5.97 Å². The van der Waals surface area contributed by atoms with Gasteiger partial charge in [0.25, 0.3) is 5.91 Å². The normalized spacial score (nSPS) is 19.4. The second-order valence-electron chi connectivity index (χ2n) is 5.51. The van der Waals surface area contributed by atoms with Crippen molar-refractivity contribution in [2.45, 2.75) is 18.9 Å². The van der Waals surface area contributed by atoms with Crippen molar-refractivity contribution in [2.24, 2.45) is 0 Å². The number of carbonyl (C=O) groups excluding carboxylic acids is 1. The van der Waals surface area contributed by atoms with Gasteiger partial charge in [-0.05, 0) is 31.0 Å². The maximum atomic E-state index is 12.8. The molecule has 2 N–H and O–H groups in total. The van der Waals surface area contributed by atoms with E-state index in [9.17, 15) is 19.8 Å². The zero-order valence-corrected chi connectivity index (χ0v) is 11.6. The summed E-state index contributed by atoms with van der Waals surface area (Å²) in [5.41, 5.74) is 1.42. The molecule has 112 valence electrons. The van der Waals surface area contributed by atoms with Crippen LogP contribution in [0, 0.1) is 0 Å². The Kier molecular flexibility index (Phi) is 2.53. The first-order valence-electron chi connectivity index (χ1n) is 7.03. The Morgan fingerprint density at radius 1 is 1.36 bits per heavy atom. The van der Waals surface area contributed by atoms with E-state index in [1.807, 2.05) is 0 Å². The van der Waals surface area contributed by atoms with Crippen molar-refractivity contribution in [2.75, 3.05) is 6.54 Å². The Morgan fingerprint density at radius 2 is 2.18 bits per heavy atom. The fraction of sp³-hybridized carbons (Fsp3) is 0.267. The van der Waals surface area contributed by atoms with Crippen LogP contribution >= 0.6 is 0 Å². The van der Waals surface area contributed by atoms with Crippen molar-refractivity contribution in [1.29, 1.82) is 0 Å². The van der Waals surface area contributed by atoms with Crippen molar-refractivity contribution >= 4 is 11.9 Å². The lowest BCUT2D eigenvalue weighted by Gasteiger charge is -2.22. The highest BCUT2D eigenvalue weighted by molar-refractivity contribution is 6.00. The minimum Gasteiger partial charge on any atom is -0.508 e. The molecule has 1 aromatic heterocycles. The molecule has 3 heterocycles. The summed E-state index contributed by atoms with van der Waals surface area (Å²) in [6.07, 6.45) is 2.95. The molecule has 0 unspecified atom stereocenters. The monoisotopic (exact) mass is 299 g/mol. The Bertz CT molecular complexity index is 811. The first-order valence-corrected chi connectivity index (χ1v) is 7.03. The number of carbonyl (C=O) groups is 2. The van der Waals surface area contributed by atoms with Crippen LogP contribution in [0.1, 0.15) is 45.4 Å². The van der Waals surface area contributed by atoms with E-state index in [0.717, 1.165) is 6.42 Å². The van der Waals surface area contributed by atoms with Crippen molar-refractivity contribution < 1.29 is 19.8 Å². The molecule has 1 aromatic carbocycles. The Hall–Kier alpha value is -2.83. The van der Waals surface area contributed by atoms with Crippen molar-refractivity contribution in [3.8, 4) is 11.4 Å². The zero-order chi connectivity index (χ0) is 15.4. The number of hydrogen-bond donors (Lipinski definition) is 2. The van der Waals surface area contributed by atoms with Crippen molar-refractivity contribution in [1.82, 2.24) is 14.5 Å². The van der Waals surface area contributed by atoms with E-state index in [4.69, 9.17) is 0 Å². The predicted octanol–water partition coefficient (Wildman–Crippen LogP) is 1.57. The molecule has 0 spiro atoms. The summed E-state index contributed by atoms with van der Waals surface area (Å²) in [5.74, 6) is -1.28. The number of aromatic nitrogens is 2. The summed E-state index contributed by atoms with van der Waals surface area (Å²) in [6.45, 7) is 0.572. The van der Waals surface area contributed by atoms with Gasteiger partial charge in [0.2, 0.25) is 0 Å². The molecule has 1 saturated heterocycles. The number of phenols is 1. The molecular formula is C15H13N3O4. The van der Waals surface area contributed by atoms with Gasteiger partial charge in [0.05, 0.1) is 23.0 Å². The average Bonchev–Trinajstić information content (AvgIpc) is 3.10. The number of hydrogen-bond acceptors (Lipinski definition) is 4. The molecule has 1 atom stereocenters. The smallest absolute Gasteiger partial charge is 0.356 e. The van der Waals surface area contributed by atoms with Crippen LogP contribution in [-0.4, -0.2) is 43.1 Å². The standard InChI is InChI=1S/C15H13N3O4/c19-8-3-4-10-9(6-8)14(20)17-5-1-2-11(17)13-12(15(21)22)16-7-18(10)13/h3-4,6-7,11,19H,1-2,5H2,(H,21,22)/t11-/m0/s1. The molecule has 2 aromatic rings. The highest BCUT2D eigenvalue weighted by Gasteiger charge is 2.40. The molecule has 1 fully saturated rings. The minimum atomic E-state index is -1.10. The number of carboxylic acid groups (broad SMARTS) is 1. The summed E-state index contributed by atoms with van der Waals surface area (Å²) in [4.78, 5) is 29.9. The number of rotatable bonds is 1. The molecule has 2 aliphatic rings. The quantitative estimate of drug-likeness (QED) is 0.833. The van der Waals surface area contributed by atoms with Gasteiger partial charge in [0.1, 0.15) is 12.1 Å². The largest absolute Gasteiger partial charge is 0.508 e. The molecule has 1 amide bonds. The summed E-state index contributed by atoms with van der Waals surface area (Å²) in [5, 5.41) is 19.1. The van der Waals surface area contributed by atoms with Gasteiger partial charge >= 0.3 is 5.97 Å². The van der Waals surface area contributed by atoms with Crippen LogP contribution in [0.15, 0.2) is 24.5 Å². The summed E-state index contributed by atoms with van der Waals surface area (Å²) in [6, 6.07) is 4.22. The van der Waals surface area contributed by atoms with Crippen LogP contribution in [0.2, 0.25) is 0 Å². The van der Waals surface area contributed by atoms with E-state index in [-0.39, 0.29) is 23.4 Å². The molecule has 22 heavy (non-hydrogen) atoms. The second-order valence-corrected chi connectivity index (χ2v) is 5.51. The molecule has 2 aliphatic heterocycles. The number of aromatic hydroxyl groups is 1. The van der Waals surface area contributed by atoms with E-state index >= 15 is 0 Å². The molecule has 7 heteroatoms. The first-order chi connectivity index (χ1) is 10.6. The molecule has 0 radical (unpaired) electrons. The highest BCUT2D eigenvalue weighted by atomic mass is 16.4. The van der Waals surface area contributed by atoms with E-state index in [1.165, 1.54) is 18.5 Å². The van der Waals surface area contributed by atoms with Crippen molar-refractivity contribution in [3.05, 3.63) is 41.5 Å². The molecule has 0 aliphatic carbocycles. The van der Waals surface area contributed by atoms with Crippen molar-refractivity contribution in [3.63, 3.8) is 0 Å². The lowest BCUT2D eigenvalue weighted by molar-refractivity contribution is 0.0673. The van der Waals surface area contributed by atoms with Gasteiger partial charge in [0, 0.05) is 6.54 Å². The lowest BCUT2D eigenvalue weighted by atomic mass is 10.1. The number of imidazole rings is 1. The maximum absolute atomic E-state index is 12.8. The minimum absolute atomic E-state index is 0.00451. The average molecular weight is 299 g/mol. The van der Waals surface area contributed by atoms with Crippen LogP contribution in [0.5, 0.6) is 5.75 Å². The third-order valence-electron chi connectivity index (χ3n) is 4.31. The summed E-state index contributed by atoms with van der Waals surface area (Å²) < 4.78 is 1.66. The number of benzene rings is 1. The van der Waals surface area contributed by atoms with Crippen LogP contribution in [0.3, 0.4) is 0 Å². The van der Waals surface area contributed by atoms with Gasteiger partial charge in [0.15, 0.2) is 5.69 Å². The maximum Gasteiger partial charge on any atom is 0.356 e. The van der Waals surface area contributed by atoms with E-state index in [1.54, 1.807) is 15.5 Å². The van der Waals surface area contributed by atoms with Gasteiger partial charge in [-0.25, -0.2) is 9.78 Å². The fourth-order valence-electron chi connectivity index (χ4n) is 3.39. The van der Waals surface area contributed by atoms with Crippen LogP contribution < -0.4 is 0 Å². The predicted molar refractivity (Wildman–Crippen MR) is 75.2 cm³/mol. The number of phenolic OH excluding ortho intramolecular Hbond substituents is 1. The van der Waals surface area contributed by atoms with E-state index in [2.05, 4.69) is 4.98 Å². The number of aromatic carboxylic acids is 1. The number of amides is 1. The fourth-order valence-corrected chi connectivity index (χ4v) is 3.39. The first kappa shape index (κ1) is 12.9. The van der Waals surface area contributed by atoms with Crippen LogP contribution in [0.25, 0.3) is 5.69 Å². The Morgan fingerprint density at radius 3 is 2.95 bits per heavy atom. The number of nitrogens with zero attached hydrogens (tertiary/aromatic N) is 3. The molecule has 7 nitrogen and oxygen atoms in total. The molecule has 0 saturated carbocycles. The second kappa shape index (κ2) is 4.33. The summed E-state index contributed by atoms with van der Waals surface area (Å²) in [7, 11) is 0. The van der Waals surface area contributed by atoms with Crippen LogP contribution in [-0.2, 0) is 0 Å². The van der Waals surface area contributed by atoms with Gasteiger partial charge in [-0.15, -0.1) is 0 Å². The third-order valence-corrected chi connectivity index (χ3v) is 4.31. The Balaban J connectivity index is 2.05. The van der Waals surface area contributed by atoms with Crippen LogP contribution in [0.4, 0.5) is 0 Å². The van der Waals surface area contributed by atoms with E-state index in [0.29, 0.717) is 29.9 Å². The van der Waals surface area contributed by atoms with Gasteiger partial charge < -0.3 is 15.1 Å². The number of fused-ring (bicyclic) bond motifs is 5. The van der Waals surface area contributed by atoms with Gasteiger partial charge in [-0.1, -0.05) is 0 Å². The van der Waals surface area contributed by atoms with Gasteiger partial charge in [-0.3, -0.25) is 9.36 Å². The SMILES string of the molecule is O=C(O)c1ncn2c1[C@@H]1CCCN1C(=O)c1cc(O)ccc1-2. The topological polar surface area (TPSA) is 95.7 Å². The third kappa shape index (κ3) is 1.59. The lowest BCUT2D eigenvalue weighted by Crippen LogP contribution is -2.30. The Labute approximate surface area is 125 Å². The molecule has 0 bridgehead atoms. The number of carboxylic acids is 1. The molecule has 4 rings (SSSR count). The molecular weight excluding hydrogens is 286 g/mol. The zero-order valence-electron chi connectivity index (χ0n) is 11.6. The van der Waals surface area contributed by atoms with Gasteiger partial charge in [-0.2, -0.15) is 0 Å². The highest BCUT2D eigenvalue weighted by Crippen LogP contribution is 2.40.